The molecule has 10 nitrogen and oxygen atoms in total. The minimum Gasteiger partial charge on any atom is -0.288 e. The minimum atomic E-state index is -1.67. The van der Waals surface area contributed by atoms with E-state index in [4.69, 9.17) is 10.5 Å². The Bertz CT molecular complexity index is 239. The molecule has 0 aromatic carbocycles. The van der Waals surface area contributed by atoms with Crippen LogP contribution in [0.25, 0.3) is 0 Å². The van der Waals surface area contributed by atoms with E-state index in [1.807, 2.05) is 0 Å². The molecule has 1 aliphatic heterocycles. The second-order valence-electron chi connectivity index (χ2n) is 1.50. The zero-order valence-corrected chi connectivity index (χ0v) is 6.16. The summed E-state index contributed by atoms with van der Waals surface area (Å²) in [5, 5.41) is 14.7. The van der Waals surface area contributed by atoms with Gasteiger partial charge in [-0.25, -0.2) is 29.0 Å². The molecule has 0 bridgehead atoms. The highest BCUT2D eigenvalue weighted by Crippen LogP contribution is 1.95. The minimum absolute atomic E-state index is 0. The molecule has 0 radical (unpaired) electrons. The summed E-state index contributed by atoms with van der Waals surface area (Å²) in [5.41, 5.74) is 0. The molecule has 1 aliphatic rings. The molecular weight excluding hydrogens is 220 g/mol. The molecule has 1 heterocycles. The monoisotopic (exact) mass is 226 g/mol. The zero-order valence-electron chi connectivity index (χ0n) is 6.16. The summed E-state index contributed by atoms with van der Waals surface area (Å²) in [7, 11) is 0. The molecule has 15 heavy (non-hydrogen) atoms. The topological polar surface area (TPSA) is 146 Å². The number of carbonyl (C=O) groups excluding carboxylic acids is 4. The van der Waals surface area contributed by atoms with Crippen LogP contribution in [-0.4, -0.2) is 34.4 Å². The van der Waals surface area contributed by atoms with Gasteiger partial charge >= 0.3 is 23.9 Å². The van der Waals surface area contributed by atoms with E-state index in [2.05, 4.69) is 19.6 Å². The summed E-state index contributed by atoms with van der Waals surface area (Å²) in [6, 6.07) is 0. The highest BCUT2D eigenvalue weighted by molar-refractivity contribution is 6.32. The van der Waals surface area contributed by atoms with Crippen molar-refractivity contribution >= 4 is 23.9 Å². The average molecular weight is 226 g/mol. The van der Waals surface area contributed by atoms with E-state index in [1.54, 1.807) is 0 Å². The van der Waals surface area contributed by atoms with Crippen LogP contribution in [-0.2, 0) is 38.7 Å². The standard InChI is InChI=1S/C2H2O6.C2O4.CH4/c3-1(7-5)2(4)8-6;3-1-2(4)6-5-1;/h5-6H;;1H4. The van der Waals surface area contributed by atoms with Gasteiger partial charge in [-0.1, -0.05) is 7.43 Å². The first-order chi connectivity index (χ1) is 6.52. The predicted molar refractivity (Wildman–Crippen MR) is 36.4 cm³/mol. The third-order valence-electron chi connectivity index (χ3n) is 0.692. The van der Waals surface area contributed by atoms with Gasteiger partial charge in [0.2, 0.25) is 0 Å². The first-order valence-corrected chi connectivity index (χ1v) is 2.66. The van der Waals surface area contributed by atoms with Gasteiger partial charge in [-0.3, -0.25) is 9.78 Å². The van der Waals surface area contributed by atoms with Crippen LogP contribution in [0.4, 0.5) is 0 Å². The van der Waals surface area contributed by atoms with E-state index in [0.29, 0.717) is 0 Å². The normalized spacial score (nSPS) is 11.3. The van der Waals surface area contributed by atoms with Crippen molar-refractivity contribution in [3.05, 3.63) is 0 Å². The second-order valence-corrected chi connectivity index (χ2v) is 1.50. The van der Waals surface area contributed by atoms with Crippen molar-refractivity contribution in [2.75, 3.05) is 0 Å². The van der Waals surface area contributed by atoms with Gasteiger partial charge in [0.25, 0.3) is 0 Å². The number of hydrogen-bond acceptors (Lipinski definition) is 10. The van der Waals surface area contributed by atoms with Crippen LogP contribution in [0, 0.1) is 0 Å². The van der Waals surface area contributed by atoms with Crippen molar-refractivity contribution < 1.29 is 49.2 Å². The van der Waals surface area contributed by atoms with Gasteiger partial charge in [0.05, 0.1) is 0 Å². The Kier molecular flexibility index (Phi) is 7.36. The van der Waals surface area contributed by atoms with Crippen molar-refractivity contribution in [3.8, 4) is 0 Å². The molecule has 2 N–H and O–H groups in total. The maximum atomic E-state index is 9.64. The van der Waals surface area contributed by atoms with Crippen molar-refractivity contribution in [2.45, 2.75) is 7.43 Å². The fraction of sp³-hybridized carbons (Fsp3) is 0.200. The van der Waals surface area contributed by atoms with Crippen LogP contribution in [0.2, 0.25) is 0 Å². The van der Waals surface area contributed by atoms with E-state index < -0.39 is 23.9 Å². The molecule has 1 saturated heterocycles. The molecule has 0 amide bonds. The third-order valence-corrected chi connectivity index (χ3v) is 0.692. The molecule has 0 atom stereocenters. The summed E-state index contributed by atoms with van der Waals surface area (Å²) in [5.74, 6) is -5.19. The summed E-state index contributed by atoms with van der Waals surface area (Å²) in [6.07, 6.45) is 0. The fourth-order valence-corrected chi connectivity index (χ4v) is 0.184. The molecule has 0 aromatic rings. The lowest BCUT2D eigenvalue weighted by atomic mass is 10.7. The highest BCUT2D eigenvalue weighted by atomic mass is 17.3. The smallest absolute Gasteiger partial charge is 0.288 e. The van der Waals surface area contributed by atoms with Gasteiger partial charge in [0.1, 0.15) is 0 Å². The Morgan fingerprint density at radius 2 is 1.20 bits per heavy atom. The van der Waals surface area contributed by atoms with E-state index in [9.17, 15) is 19.2 Å². The Labute approximate surface area is 81.7 Å². The highest BCUT2D eigenvalue weighted by Gasteiger charge is 2.31. The van der Waals surface area contributed by atoms with Gasteiger partial charge in [-0.15, -0.1) is 0 Å². The Morgan fingerprint density at radius 1 is 0.933 bits per heavy atom. The van der Waals surface area contributed by atoms with Gasteiger partial charge in [-0.2, -0.15) is 10.5 Å². The molecule has 10 heteroatoms. The van der Waals surface area contributed by atoms with Crippen LogP contribution >= 0.6 is 0 Å². The lowest BCUT2D eigenvalue weighted by Gasteiger charge is -2.04. The van der Waals surface area contributed by atoms with Crippen LogP contribution in [0.5, 0.6) is 0 Å². The van der Waals surface area contributed by atoms with Gasteiger partial charge < -0.3 is 0 Å². The number of carbonyl (C=O) groups is 4. The SMILES string of the molecule is C.O=C(OO)C(=O)OO.O=C1OOC1=O. The van der Waals surface area contributed by atoms with Crippen molar-refractivity contribution in [1.82, 2.24) is 0 Å². The Balaban J connectivity index is 0. The Morgan fingerprint density at radius 3 is 1.27 bits per heavy atom. The summed E-state index contributed by atoms with van der Waals surface area (Å²) in [4.78, 5) is 51.1. The first-order valence-electron chi connectivity index (χ1n) is 2.66. The lowest BCUT2D eigenvalue weighted by Crippen LogP contribution is -2.31. The maximum absolute atomic E-state index is 9.64. The predicted octanol–water partition coefficient (Wildman–Crippen LogP) is -1.34. The first kappa shape index (κ1) is 15.3. The zero-order chi connectivity index (χ0) is 11.1. The summed E-state index contributed by atoms with van der Waals surface area (Å²) >= 11 is 0. The molecule has 0 unspecified atom stereocenters. The van der Waals surface area contributed by atoms with E-state index in [-0.39, 0.29) is 7.43 Å². The van der Waals surface area contributed by atoms with E-state index in [0.717, 1.165) is 0 Å². The lowest BCUT2D eigenvalue weighted by molar-refractivity contribution is -0.296. The largest absolute Gasteiger partial charge is 0.467 e. The number of rotatable bonds is 0. The molecule has 0 saturated carbocycles. The van der Waals surface area contributed by atoms with E-state index >= 15 is 0 Å². The van der Waals surface area contributed by atoms with Gasteiger partial charge in [0, 0.05) is 0 Å². The molecule has 1 rings (SSSR count). The molecule has 0 spiro atoms. The van der Waals surface area contributed by atoms with Crippen molar-refractivity contribution in [3.63, 3.8) is 0 Å². The van der Waals surface area contributed by atoms with Gasteiger partial charge in [-0.05, 0) is 0 Å². The maximum Gasteiger partial charge on any atom is 0.467 e. The second kappa shape index (κ2) is 7.23. The quantitative estimate of drug-likeness (QED) is 0.289. The van der Waals surface area contributed by atoms with Crippen molar-refractivity contribution in [1.29, 1.82) is 0 Å². The van der Waals surface area contributed by atoms with Crippen LogP contribution in [0.15, 0.2) is 0 Å². The molecule has 0 aromatic heterocycles. The van der Waals surface area contributed by atoms with E-state index in [1.165, 1.54) is 0 Å². The summed E-state index contributed by atoms with van der Waals surface area (Å²) < 4.78 is 0. The third kappa shape index (κ3) is 5.17. The summed E-state index contributed by atoms with van der Waals surface area (Å²) in [6.45, 7) is 0. The molecule has 1 fully saturated rings. The molecular formula is C5H6O10. The van der Waals surface area contributed by atoms with Crippen molar-refractivity contribution in [2.24, 2.45) is 0 Å². The fourth-order valence-electron chi connectivity index (χ4n) is 0.184. The molecule has 86 valence electrons. The number of hydrogen-bond donors (Lipinski definition) is 2. The van der Waals surface area contributed by atoms with Crippen LogP contribution in [0.1, 0.15) is 7.43 Å². The molecule has 0 aliphatic carbocycles. The van der Waals surface area contributed by atoms with Crippen LogP contribution in [0.3, 0.4) is 0 Å². The average Bonchev–Trinajstić information content (AvgIpc) is 2.24. The van der Waals surface area contributed by atoms with Gasteiger partial charge in [0.15, 0.2) is 0 Å². The Hall–Kier alpha value is -2.20. The van der Waals surface area contributed by atoms with Crippen LogP contribution < -0.4 is 0 Å².